The van der Waals surface area contributed by atoms with Crippen molar-refractivity contribution in [2.24, 2.45) is 5.92 Å². The van der Waals surface area contributed by atoms with E-state index in [1.165, 1.54) is 0 Å². The summed E-state index contributed by atoms with van der Waals surface area (Å²) in [5, 5.41) is 2.99. The van der Waals surface area contributed by atoms with Gasteiger partial charge in [0.1, 0.15) is 0 Å². The number of hydrogen-bond acceptors (Lipinski definition) is 4. The summed E-state index contributed by atoms with van der Waals surface area (Å²) in [5.74, 6) is -0.241. The third-order valence-corrected chi connectivity index (χ3v) is 5.26. The summed E-state index contributed by atoms with van der Waals surface area (Å²) in [6.07, 6.45) is 3.98. The number of amides is 2. The molecule has 1 aromatic carbocycles. The number of aromatic nitrogens is 1. The summed E-state index contributed by atoms with van der Waals surface area (Å²) in [5.41, 5.74) is 2.00. The van der Waals surface area contributed by atoms with Gasteiger partial charge in [-0.05, 0) is 36.6 Å². The van der Waals surface area contributed by atoms with Gasteiger partial charge in [-0.2, -0.15) is 0 Å². The molecule has 6 heteroatoms. The average Bonchev–Trinajstić information content (AvgIpc) is 2.74. The third kappa shape index (κ3) is 5.05. The molecule has 1 fully saturated rings. The van der Waals surface area contributed by atoms with Gasteiger partial charge in [-0.1, -0.05) is 44.2 Å². The highest BCUT2D eigenvalue weighted by Crippen LogP contribution is 2.27. The maximum atomic E-state index is 13.2. The lowest BCUT2D eigenvalue weighted by molar-refractivity contribution is -0.167. The first-order chi connectivity index (χ1) is 14.3. The lowest BCUT2D eigenvalue weighted by atomic mass is 9.90. The fourth-order valence-corrected chi connectivity index (χ4v) is 3.73. The molecular weight excluding hydrogens is 378 g/mol. The van der Waals surface area contributed by atoms with Crippen LogP contribution in [0.15, 0.2) is 48.8 Å². The number of benzene rings is 1. The van der Waals surface area contributed by atoms with E-state index in [0.717, 1.165) is 16.7 Å². The first kappa shape index (κ1) is 22.0. The molecule has 1 aliphatic heterocycles. The third-order valence-electron chi connectivity index (χ3n) is 5.26. The number of carbonyl (C=O) groups is 2. The van der Waals surface area contributed by atoms with E-state index in [2.05, 4.69) is 10.3 Å². The van der Waals surface area contributed by atoms with Gasteiger partial charge in [-0.15, -0.1) is 0 Å². The molecular formula is C24H31N3O3. The highest BCUT2D eigenvalue weighted by atomic mass is 16.5. The van der Waals surface area contributed by atoms with Crippen LogP contribution in [0.25, 0.3) is 11.1 Å². The van der Waals surface area contributed by atoms with Gasteiger partial charge in [0.25, 0.3) is 5.91 Å². The van der Waals surface area contributed by atoms with Crippen molar-refractivity contribution in [3.63, 3.8) is 0 Å². The number of nitrogens with one attached hydrogen (secondary N) is 1. The zero-order valence-corrected chi connectivity index (χ0v) is 18.2. The first-order valence-electron chi connectivity index (χ1n) is 10.5. The minimum absolute atomic E-state index is 0.0119. The molecule has 30 heavy (non-hydrogen) atoms. The van der Waals surface area contributed by atoms with Gasteiger partial charge in [0.2, 0.25) is 5.91 Å². The fraction of sp³-hybridized carbons (Fsp3) is 0.458. The van der Waals surface area contributed by atoms with Crippen molar-refractivity contribution in [1.82, 2.24) is 15.2 Å². The van der Waals surface area contributed by atoms with E-state index < -0.39 is 5.60 Å². The number of pyridine rings is 1. The van der Waals surface area contributed by atoms with Crippen molar-refractivity contribution in [2.45, 2.75) is 45.8 Å². The normalized spacial score (nSPS) is 19.2. The van der Waals surface area contributed by atoms with Crippen molar-refractivity contribution in [3.05, 3.63) is 54.4 Å². The number of ether oxygens (including phenoxy) is 1. The Kier molecular flexibility index (Phi) is 6.87. The molecule has 2 heterocycles. The van der Waals surface area contributed by atoms with E-state index in [4.69, 9.17) is 4.74 Å². The lowest BCUT2D eigenvalue weighted by Crippen LogP contribution is -2.63. The summed E-state index contributed by atoms with van der Waals surface area (Å²) in [4.78, 5) is 31.7. The summed E-state index contributed by atoms with van der Waals surface area (Å²) >= 11 is 0. The van der Waals surface area contributed by atoms with Crippen LogP contribution in [0.3, 0.4) is 0 Å². The molecule has 3 rings (SSSR count). The van der Waals surface area contributed by atoms with Crippen molar-refractivity contribution < 1.29 is 14.3 Å². The van der Waals surface area contributed by atoms with Gasteiger partial charge in [0, 0.05) is 37.3 Å². The van der Waals surface area contributed by atoms with Crippen LogP contribution in [0.2, 0.25) is 0 Å². The SMILES string of the molecule is CC(C)NC(=O)[C@]1(Cc2ccc(-c3cccnc3)cc2)CN(C(=O)C(C)C)CCO1. The van der Waals surface area contributed by atoms with E-state index in [1.807, 2.05) is 70.3 Å². The van der Waals surface area contributed by atoms with Crippen LogP contribution in [0.4, 0.5) is 0 Å². The second kappa shape index (κ2) is 9.39. The van der Waals surface area contributed by atoms with Crippen LogP contribution in [-0.4, -0.2) is 53.0 Å². The number of carbonyl (C=O) groups excluding carboxylic acids is 2. The van der Waals surface area contributed by atoms with Crippen LogP contribution < -0.4 is 5.32 Å². The van der Waals surface area contributed by atoms with Gasteiger partial charge >= 0.3 is 0 Å². The maximum absolute atomic E-state index is 13.2. The van der Waals surface area contributed by atoms with E-state index in [1.54, 1.807) is 11.1 Å². The Bertz CT molecular complexity index is 865. The van der Waals surface area contributed by atoms with E-state index in [-0.39, 0.29) is 30.3 Å². The molecule has 2 aromatic rings. The zero-order valence-electron chi connectivity index (χ0n) is 18.2. The lowest BCUT2D eigenvalue weighted by Gasteiger charge is -2.42. The molecule has 1 atom stereocenters. The second-order valence-corrected chi connectivity index (χ2v) is 8.50. The maximum Gasteiger partial charge on any atom is 0.254 e. The summed E-state index contributed by atoms with van der Waals surface area (Å²) in [7, 11) is 0. The second-order valence-electron chi connectivity index (χ2n) is 8.50. The van der Waals surface area contributed by atoms with Crippen molar-refractivity contribution in [3.8, 4) is 11.1 Å². The molecule has 0 bridgehead atoms. The Morgan fingerprint density at radius 1 is 1.13 bits per heavy atom. The molecule has 1 N–H and O–H groups in total. The molecule has 160 valence electrons. The Balaban J connectivity index is 1.85. The number of hydrogen-bond donors (Lipinski definition) is 1. The van der Waals surface area contributed by atoms with Crippen LogP contribution in [-0.2, 0) is 20.7 Å². The summed E-state index contributed by atoms with van der Waals surface area (Å²) in [6, 6.07) is 12.0. The molecule has 0 spiro atoms. The molecule has 6 nitrogen and oxygen atoms in total. The molecule has 1 saturated heterocycles. The molecule has 1 aromatic heterocycles. The molecule has 2 amide bonds. The van der Waals surface area contributed by atoms with E-state index in [0.29, 0.717) is 19.6 Å². The van der Waals surface area contributed by atoms with Gasteiger partial charge in [-0.25, -0.2) is 0 Å². The molecule has 0 saturated carbocycles. The topological polar surface area (TPSA) is 71.5 Å². The monoisotopic (exact) mass is 409 g/mol. The molecule has 0 unspecified atom stereocenters. The van der Waals surface area contributed by atoms with Crippen molar-refractivity contribution >= 4 is 11.8 Å². The Morgan fingerprint density at radius 3 is 2.47 bits per heavy atom. The van der Waals surface area contributed by atoms with Gasteiger partial charge in [0.05, 0.1) is 13.2 Å². The summed E-state index contributed by atoms with van der Waals surface area (Å²) in [6.45, 7) is 8.72. The van der Waals surface area contributed by atoms with E-state index >= 15 is 0 Å². The van der Waals surface area contributed by atoms with Gasteiger partial charge < -0.3 is 15.0 Å². The highest BCUT2D eigenvalue weighted by Gasteiger charge is 2.45. The quantitative estimate of drug-likeness (QED) is 0.796. The van der Waals surface area contributed by atoms with Crippen LogP contribution in [0, 0.1) is 5.92 Å². The molecule has 1 aliphatic rings. The summed E-state index contributed by atoms with van der Waals surface area (Å²) < 4.78 is 6.09. The Morgan fingerprint density at radius 2 is 1.87 bits per heavy atom. The van der Waals surface area contributed by atoms with Gasteiger partial charge in [-0.3, -0.25) is 14.6 Å². The smallest absolute Gasteiger partial charge is 0.254 e. The minimum atomic E-state index is -1.09. The van der Waals surface area contributed by atoms with Gasteiger partial charge in [0.15, 0.2) is 5.60 Å². The van der Waals surface area contributed by atoms with Crippen molar-refractivity contribution in [2.75, 3.05) is 19.7 Å². The first-order valence-corrected chi connectivity index (χ1v) is 10.5. The predicted molar refractivity (Wildman–Crippen MR) is 117 cm³/mol. The predicted octanol–water partition coefficient (Wildman–Crippen LogP) is 3.07. The Labute approximate surface area is 178 Å². The zero-order chi connectivity index (χ0) is 21.7. The van der Waals surface area contributed by atoms with E-state index in [9.17, 15) is 9.59 Å². The number of nitrogens with zero attached hydrogens (tertiary/aromatic N) is 2. The number of rotatable bonds is 6. The van der Waals surface area contributed by atoms with Crippen LogP contribution >= 0.6 is 0 Å². The number of morpholine rings is 1. The fourth-order valence-electron chi connectivity index (χ4n) is 3.73. The molecule has 0 radical (unpaired) electrons. The highest BCUT2D eigenvalue weighted by molar-refractivity contribution is 5.88. The molecule has 0 aliphatic carbocycles. The average molecular weight is 410 g/mol. The van der Waals surface area contributed by atoms with Crippen LogP contribution in [0.1, 0.15) is 33.3 Å². The van der Waals surface area contributed by atoms with Crippen molar-refractivity contribution in [1.29, 1.82) is 0 Å². The standard InChI is InChI=1S/C24H31N3O3/c1-17(2)22(28)27-12-13-30-24(16-27,23(29)26-18(3)4)14-19-7-9-20(10-8-19)21-6-5-11-25-15-21/h5-11,15,17-18H,12-14,16H2,1-4H3,(H,26,29)/t24-/m0/s1. The Hall–Kier alpha value is -2.73. The largest absolute Gasteiger partial charge is 0.361 e. The van der Waals surface area contributed by atoms with Crippen LogP contribution in [0.5, 0.6) is 0 Å². The minimum Gasteiger partial charge on any atom is -0.361 e.